The monoisotopic (exact) mass is 284 g/mol. The van der Waals surface area contributed by atoms with E-state index in [-0.39, 0.29) is 16.3 Å². The molecule has 2 rings (SSSR count). The Hall–Kier alpha value is -1.18. The van der Waals surface area contributed by atoms with Gasteiger partial charge in [-0.1, -0.05) is 0 Å². The van der Waals surface area contributed by atoms with E-state index in [1.165, 1.54) is 10.5 Å². The van der Waals surface area contributed by atoms with E-state index < -0.39 is 10.0 Å². The molecular formula is C12H20N4O2S. The van der Waals surface area contributed by atoms with Crippen LogP contribution in [0.3, 0.4) is 0 Å². The number of rotatable bonds is 2. The molecule has 0 unspecified atom stereocenters. The molecule has 19 heavy (non-hydrogen) atoms. The summed E-state index contributed by atoms with van der Waals surface area (Å²) in [5.41, 5.74) is 5.72. The zero-order valence-electron chi connectivity index (χ0n) is 11.5. The molecule has 1 aliphatic heterocycles. The van der Waals surface area contributed by atoms with Crippen LogP contribution >= 0.6 is 0 Å². The molecule has 106 valence electrons. The minimum Gasteiger partial charge on any atom is -0.396 e. The van der Waals surface area contributed by atoms with Crippen LogP contribution < -0.4 is 5.73 Å². The van der Waals surface area contributed by atoms with Crippen LogP contribution in [0.25, 0.3) is 0 Å². The molecule has 1 aromatic rings. The van der Waals surface area contributed by atoms with E-state index in [2.05, 4.69) is 9.88 Å². The van der Waals surface area contributed by atoms with Crippen molar-refractivity contribution in [3.63, 3.8) is 0 Å². The topological polar surface area (TPSA) is 79.5 Å². The second kappa shape index (κ2) is 4.73. The molecule has 0 bridgehead atoms. The number of anilines is 1. The van der Waals surface area contributed by atoms with Crippen molar-refractivity contribution in [1.29, 1.82) is 0 Å². The lowest BCUT2D eigenvalue weighted by atomic mass is 10.0. The van der Waals surface area contributed by atoms with Crippen molar-refractivity contribution in [2.75, 3.05) is 32.4 Å². The first-order chi connectivity index (χ1) is 8.75. The van der Waals surface area contributed by atoms with Crippen molar-refractivity contribution in [3.8, 4) is 0 Å². The molecule has 0 saturated carbocycles. The van der Waals surface area contributed by atoms with E-state index in [4.69, 9.17) is 5.73 Å². The van der Waals surface area contributed by atoms with Gasteiger partial charge in [0.25, 0.3) is 10.0 Å². The summed E-state index contributed by atoms with van der Waals surface area (Å²) in [5.74, 6) is 0. The van der Waals surface area contributed by atoms with Crippen LogP contribution in [0.5, 0.6) is 0 Å². The lowest BCUT2D eigenvalue weighted by Crippen LogP contribution is -2.58. The molecule has 0 spiro atoms. The molecule has 1 aromatic heterocycles. The number of sulfonamides is 1. The van der Waals surface area contributed by atoms with Crippen LogP contribution in [0.1, 0.15) is 13.8 Å². The Morgan fingerprint density at radius 1 is 1.37 bits per heavy atom. The second-order valence-corrected chi connectivity index (χ2v) is 7.32. The smallest absolute Gasteiger partial charge is 0.262 e. The highest BCUT2D eigenvalue weighted by Crippen LogP contribution is 2.26. The van der Waals surface area contributed by atoms with Crippen LogP contribution in [0.4, 0.5) is 5.69 Å². The van der Waals surface area contributed by atoms with Gasteiger partial charge in [0.05, 0.1) is 5.69 Å². The molecule has 0 aromatic carbocycles. The molecular weight excluding hydrogens is 264 g/mol. The average molecular weight is 284 g/mol. The summed E-state index contributed by atoms with van der Waals surface area (Å²) in [6.45, 7) is 5.63. The number of aromatic nitrogens is 1. The first kappa shape index (κ1) is 14.2. The highest BCUT2D eigenvalue weighted by Gasteiger charge is 2.38. The second-order valence-electron chi connectivity index (χ2n) is 5.47. The summed E-state index contributed by atoms with van der Waals surface area (Å²) in [5, 5.41) is -0.0460. The van der Waals surface area contributed by atoms with Crippen LogP contribution in [0, 0.1) is 0 Å². The van der Waals surface area contributed by atoms with Crippen molar-refractivity contribution in [2.24, 2.45) is 0 Å². The van der Waals surface area contributed by atoms with E-state index in [1.54, 1.807) is 12.1 Å². The van der Waals surface area contributed by atoms with Crippen LogP contribution in [0.2, 0.25) is 0 Å². The number of pyridine rings is 1. The van der Waals surface area contributed by atoms with E-state index in [0.29, 0.717) is 19.6 Å². The molecule has 0 amide bonds. The van der Waals surface area contributed by atoms with Gasteiger partial charge in [0.1, 0.15) is 0 Å². The SMILES string of the molecule is CN1CCN(S(=O)(=O)c2ncccc2N)CC1(C)C. The van der Waals surface area contributed by atoms with Gasteiger partial charge < -0.3 is 5.73 Å². The minimum absolute atomic E-state index is 0.0460. The summed E-state index contributed by atoms with van der Waals surface area (Å²) in [6.07, 6.45) is 1.45. The van der Waals surface area contributed by atoms with Gasteiger partial charge in [-0.15, -0.1) is 0 Å². The van der Waals surface area contributed by atoms with E-state index in [0.717, 1.165) is 0 Å². The Morgan fingerprint density at radius 2 is 2.05 bits per heavy atom. The highest BCUT2D eigenvalue weighted by atomic mass is 32.2. The predicted octanol–water partition coefficient (Wildman–Crippen LogP) is 0.378. The number of hydrogen-bond donors (Lipinski definition) is 1. The Labute approximate surface area is 114 Å². The molecule has 2 heterocycles. The van der Waals surface area contributed by atoms with Gasteiger partial charge in [-0.25, -0.2) is 13.4 Å². The number of nitrogens with two attached hydrogens (primary N) is 1. The summed E-state index contributed by atoms with van der Waals surface area (Å²) in [6, 6.07) is 3.18. The number of hydrogen-bond acceptors (Lipinski definition) is 5. The fraction of sp³-hybridized carbons (Fsp3) is 0.583. The third kappa shape index (κ3) is 2.58. The van der Waals surface area contributed by atoms with Gasteiger partial charge in [-0.2, -0.15) is 4.31 Å². The standard InChI is InChI=1S/C12H20N4O2S/c1-12(2)9-16(8-7-15(12)3)19(17,18)11-10(13)5-4-6-14-11/h4-6H,7-9,13H2,1-3H3. The number of piperazine rings is 1. The number of nitrogens with zero attached hydrogens (tertiary/aromatic N) is 3. The fourth-order valence-electron chi connectivity index (χ4n) is 2.14. The quantitative estimate of drug-likeness (QED) is 0.849. The molecule has 0 atom stereocenters. The van der Waals surface area contributed by atoms with Gasteiger partial charge >= 0.3 is 0 Å². The summed E-state index contributed by atoms with van der Waals surface area (Å²) in [4.78, 5) is 6.08. The fourth-order valence-corrected chi connectivity index (χ4v) is 3.75. The molecule has 6 nitrogen and oxygen atoms in total. The molecule has 1 saturated heterocycles. The Bertz CT molecular complexity index is 571. The van der Waals surface area contributed by atoms with Gasteiger partial charge in [-0.3, -0.25) is 4.90 Å². The van der Waals surface area contributed by atoms with E-state index >= 15 is 0 Å². The van der Waals surface area contributed by atoms with Crippen molar-refractivity contribution in [1.82, 2.24) is 14.2 Å². The highest BCUT2D eigenvalue weighted by molar-refractivity contribution is 7.89. The molecule has 2 N–H and O–H groups in total. The molecule has 0 radical (unpaired) electrons. The maximum Gasteiger partial charge on any atom is 0.262 e. The lowest BCUT2D eigenvalue weighted by molar-refractivity contribution is 0.0800. The van der Waals surface area contributed by atoms with Crippen molar-refractivity contribution in [2.45, 2.75) is 24.4 Å². The Kier molecular flexibility index (Phi) is 3.55. The van der Waals surface area contributed by atoms with Crippen LogP contribution in [-0.2, 0) is 10.0 Å². The molecule has 0 aliphatic carbocycles. The average Bonchev–Trinajstić information content (AvgIpc) is 2.32. The Balaban J connectivity index is 2.34. The third-order valence-electron chi connectivity index (χ3n) is 3.67. The largest absolute Gasteiger partial charge is 0.396 e. The van der Waals surface area contributed by atoms with Crippen LogP contribution in [-0.4, -0.2) is 54.8 Å². The molecule has 1 fully saturated rings. The van der Waals surface area contributed by atoms with E-state index in [1.807, 2.05) is 20.9 Å². The van der Waals surface area contributed by atoms with Gasteiger partial charge in [0, 0.05) is 31.4 Å². The van der Waals surface area contributed by atoms with Crippen molar-refractivity contribution < 1.29 is 8.42 Å². The first-order valence-corrected chi connectivity index (χ1v) is 7.61. The van der Waals surface area contributed by atoms with E-state index in [9.17, 15) is 8.42 Å². The third-order valence-corrected chi connectivity index (χ3v) is 5.49. The minimum atomic E-state index is -3.62. The van der Waals surface area contributed by atoms with Gasteiger partial charge in [0.2, 0.25) is 0 Å². The van der Waals surface area contributed by atoms with Crippen molar-refractivity contribution >= 4 is 15.7 Å². The number of nitrogen functional groups attached to an aromatic ring is 1. The molecule has 1 aliphatic rings. The van der Waals surface area contributed by atoms with Gasteiger partial charge in [-0.05, 0) is 33.0 Å². The normalized spacial score (nSPS) is 21.4. The molecule has 7 heteroatoms. The summed E-state index contributed by atoms with van der Waals surface area (Å²) in [7, 11) is -1.62. The maximum absolute atomic E-state index is 12.6. The van der Waals surface area contributed by atoms with Crippen LogP contribution in [0.15, 0.2) is 23.4 Å². The maximum atomic E-state index is 12.6. The summed E-state index contributed by atoms with van der Waals surface area (Å²) >= 11 is 0. The summed E-state index contributed by atoms with van der Waals surface area (Å²) < 4.78 is 26.6. The van der Waals surface area contributed by atoms with Gasteiger partial charge in [0.15, 0.2) is 5.03 Å². The number of likely N-dealkylation sites (N-methyl/N-ethyl adjacent to an activating group) is 1. The predicted molar refractivity (Wildman–Crippen MR) is 74.1 cm³/mol. The zero-order valence-corrected chi connectivity index (χ0v) is 12.3. The lowest BCUT2D eigenvalue weighted by Gasteiger charge is -2.44. The van der Waals surface area contributed by atoms with Crippen molar-refractivity contribution in [3.05, 3.63) is 18.3 Å². The zero-order chi connectivity index (χ0) is 14.3. The Morgan fingerprint density at radius 3 is 2.63 bits per heavy atom. The first-order valence-electron chi connectivity index (χ1n) is 6.17.